The maximum atomic E-state index is 11.9. The first-order chi connectivity index (χ1) is 20.7. The van der Waals surface area contributed by atoms with Crippen LogP contribution in [0.5, 0.6) is 17.2 Å². The highest BCUT2D eigenvalue weighted by Gasteiger charge is 2.14. The molecule has 43 heavy (non-hydrogen) atoms. The fraction of sp³-hybridized carbons (Fsp3) is 0.219. The van der Waals surface area contributed by atoms with Gasteiger partial charge in [-0.2, -0.15) is 0 Å². The third-order valence-corrected chi connectivity index (χ3v) is 6.80. The van der Waals surface area contributed by atoms with Crippen molar-refractivity contribution >= 4 is 21.7 Å². The Hall–Kier alpha value is -4.58. The second kappa shape index (κ2) is 15.1. The summed E-state index contributed by atoms with van der Waals surface area (Å²) < 4.78 is 43.2. The standard InChI is InChI=1S/C32H34N2O8S/c1-43(38,39)34-29-19-26(11-16-31(29)42-21-23-5-3-2-4-6-23)30(35)20-33-17-18-40-27-12-7-24(8-13-27)25-9-14-28(15-10-25)41-22-32(36)37/h2-16,19,30,33-35H,17-18,20-22H2,1H3,(H,36,37). The van der Waals surface area contributed by atoms with Gasteiger partial charge in [-0.05, 0) is 58.7 Å². The molecule has 0 heterocycles. The highest BCUT2D eigenvalue weighted by Crippen LogP contribution is 2.30. The molecule has 0 saturated heterocycles. The lowest BCUT2D eigenvalue weighted by molar-refractivity contribution is -0.139. The summed E-state index contributed by atoms with van der Waals surface area (Å²) >= 11 is 0. The molecule has 0 aromatic heterocycles. The van der Waals surface area contributed by atoms with Crippen LogP contribution < -0.4 is 24.2 Å². The van der Waals surface area contributed by atoms with Crippen LogP contribution in [0, 0.1) is 0 Å². The van der Waals surface area contributed by atoms with Crippen LogP contribution in [-0.4, -0.2) is 57.2 Å². The first-order valence-electron chi connectivity index (χ1n) is 13.5. The largest absolute Gasteiger partial charge is 0.492 e. The molecule has 0 bridgehead atoms. The van der Waals surface area contributed by atoms with Gasteiger partial charge in [-0.3, -0.25) is 4.72 Å². The van der Waals surface area contributed by atoms with E-state index in [-0.39, 0.29) is 25.4 Å². The van der Waals surface area contributed by atoms with Gasteiger partial charge in [0.1, 0.15) is 30.5 Å². The normalized spacial score (nSPS) is 11.9. The number of rotatable bonds is 16. The molecule has 0 radical (unpaired) electrons. The smallest absolute Gasteiger partial charge is 0.341 e. The Morgan fingerprint density at radius 2 is 1.47 bits per heavy atom. The Balaban J connectivity index is 1.24. The molecule has 0 spiro atoms. The minimum absolute atomic E-state index is 0.233. The van der Waals surface area contributed by atoms with Gasteiger partial charge in [0, 0.05) is 13.1 Å². The molecular weight excluding hydrogens is 572 g/mol. The van der Waals surface area contributed by atoms with Crippen LogP contribution in [0.3, 0.4) is 0 Å². The van der Waals surface area contributed by atoms with E-state index in [0.717, 1.165) is 22.9 Å². The Morgan fingerprint density at radius 3 is 2.07 bits per heavy atom. The number of sulfonamides is 1. The Labute approximate surface area is 250 Å². The van der Waals surface area contributed by atoms with Crippen molar-refractivity contribution in [1.82, 2.24) is 5.32 Å². The van der Waals surface area contributed by atoms with E-state index < -0.39 is 22.1 Å². The third-order valence-electron chi connectivity index (χ3n) is 6.21. The van der Waals surface area contributed by atoms with Gasteiger partial charge in [0.2, 0.25) is 10.0 Å². The summed E-state index contributed by atoms with van der Waals surface area (Å²) in [5.41, 5.74) is 3.65. The molecule has 0 aliphatic carbocycles. The van der Waals surface area contributed by atoms with Crippen LogP contribution >= 0.6 is 0 Å². The Kier molecular flexibility index (Phi) is 11.0. The quantitative estimate of drug-likeness (QED) is 0.136. The van der Waals surface area contributed by atoms with Crippen molar-refractivity contribution in [2.24, 2.45) is 0 Å². The van der Waals surface area contributed by atoms with Gasteiger partial charge in [-0.15, -0.1) is 0 Å². The summed E-state index contributed by atoms with van der Waals surface area (Å²) in [6, 6.07) is 29.2. The number of benzene rings is 4. The van der Waals surface area contributed by atoms with E-state index in [2.05, 4.69) is 10.0 Å². The van der Waals surface area contributed by atoms with Gasteiger partial charge in [0.15, 0.2) is 6.61 Å². The first kappa shape index (κ1) is 31.4. The summed E-state index contributed by atoms with van der Waals surface area (Å²) in [5.74, 6) is 0.508. The van der Waals surface area contributed by atoms with E-state index in [1.54, 1.807) is 30.3 Å². The van der Waals surface area contributed by atoms with Crippen molar-refractivity contribution in [3.8, 4) is 28.4 Å². The van der Waals surface area contributed by atoms with Crippen LogP contribution in [0.15, 0.2) is 97.1 Å². The maximum Gasteiger partial charge on any atom is 0.341 e. The van der Waals surface area contributed by atoms with Crippen LogP contribution in [-0.2, 0) is 21.4 Å². The predicted octanol–water partition coefficient (Wildman–Crippen LogP) is 4.47. The van der Waals surface area contributed by atoms with Crippen molar-refractivity contribution in [2.75, 3.05) is 37.3 Å². The second-order valence-electron chi connectivity index (χ2n) is 9.70. The van der Waals surface area contributed by atoms with Gasteiger partial charge in [0.05, 0.1) is 18.0 Å². The Morgan fingerprint density at radius 1 is 0.837 bits per heavy atom. The van der Waals surface area contributed by atoms with E-state index in [4.69, 9.17) is 19.3 Å². The van der Waals surface area contributed by atoms with Crippen molar-refractivity contribution in [3.05, 3.63) is 108 Å². The number of carboxylic acids is 1. The molecule has 11 heteroatoms. The average Bonchev–Trinajstić information content (AvgIpc) is 2.99. The molecule has 4 rings (SSSR count). The lowest BCUT2D eigenvalue weighted by Gasteiger charge is -2.17. The monoisotopic (exact) mass is 606 g/mol. The summed E-state index contributed by atoms with van der Waals surface area (Å²) in [7, 11) is -3.57. The number of hydrogen-bond acceptors (Lipinski definition) is 8. The van der Waals surface area contributed by atoms with Crippen molar-refractivity contribution < 1.29 is 37.6 Å². The van der Waals surface area contributed by atoms with Crippen molar-refractivity contribution in [2.45, 2.75) is 12.7 Å². The van der Waals surface area contributed by atoms with E-state index in [1.165, 1.54) is 0 Å². The molecule has 4 aromatic carbocycles. The molecule has 4 N–H and O–H groups in total. The number of ether oxygens (including phenoxy) is 3. The number of aliphatic hydroxyl groups is 1. The number of nitrogens with one attached hydrogen (secondary N) is 2. The van der Waals surface area contributed by atoms with E-state index in [0.29, 0.717) is 36.0 Å². The molecule has 226 valence electrons. The average molecular weight is 607 g/mol. The molecule has 1 unspecified atom stereocenters. The van der Waals surface area contributed by atoms with Crippen molar-refractivity contribution in [3.63, 3.8) is 0 Å². The summed E-state index contributed by atoms with van der Waals surface area (Å²) in [5, 5.41) is 22.6. The van der Waals surface area contributed by atoms with Crippen LogP contribution in [0.4, 0.5) is 5.69 Å². The SMILES string of the molecule is CS(=O)(=O)Nc1cc(C(O)CNCCOc2ccc(-c3ccc(OCC(=O)O)cc3)cc2)ccc1OCc1ccccc1. The van der Waals surface area contributed by atoms with E-state index >= 15 is 0 Å². The fourth-order valence-electron chi connectivity index (χ4n) is 4.13. The summed E-state index contributed by atoms with van der Waals surface area (Å²) in [6.45, 7) is 0.959. The molecule has 0 aliphatic heterocycles. The third kappa shape index (κ3) is 10.3. The molecule has 4 aromatic rings. The minimum atomic E-state index is -3.57. The molecule has 1 atom stereocenters. The van der Waals surface area contributed by atoms with Crippen LogP contribution in [0.25, 0.3) is 11.1 Å². The summed E-state index contributed by atoms with van der Waals surface area (Å²) in [4.78, 5) is 10.6. The molecule has 10 nitrogen and oxygen atoms in total. The molecule has 0 aliphatic rings. The second-order valence-corrected chi connectivity index (χ2v) is 11.5. The lowest BCUT2D eigenvalue weighted by Crippen LogP contribution is -2.26. The summed E-state index contributed by atoms with van der Waals surface area (Å²) in [6.07, 6.45) is 0.175. The van der Waals surface area contributed by atoms with E-state index in [1.807, 2.05) is 66.7 Å². The maximum absolute atomic E-state index is 11.9. The molecule has 0 saturated carbocycles. The zero-order chi connectivity index (χ0) is 30.7. The zero-order valence-corrected chi connectivity index (χ0v) is 24.4. The zero-order valence-electron chi connectivity index (χ0n) is 23.6. The molecular formula is C32H34N2O8S. The fourth-order valence-corrected chi connectivity index (χ4v) is 4.68. The number of anilines is 1. The number of carboxylic acid groups (broad SMARTS) is 1. The first-order valence-corrected chi connectivity index (χ1v) is 15.4. The number of carbonyl (C=O) groups is 1. The predicted molar refractivity (Wildman–Crippen MR) is 164 cm³/mol. The number of hydrogen-bond donors (Lipinski definition) is 4. The molecule has 0 fully saturated rings. The van der Waals surface area contributed by atoms with E-state index in [9.17, 15) is 18.3 Å². The molecule has 0 amide bonds. The Bertz CT molecular complexity index is 1580. The van der Waals surface area contributed by atoms with Crippen LogP contribution in [0.2, 0.25) is 0 Å². The van der Waals surface area contributed by atoms with Gasteiger partial charge in [-0.1, -0.05) is 60.7 Å². The highest BCUT2D eigenvalue weighted by atomic mass is 32.2. The lowest BCUT2D eigenvalue weighted by atomic mass is 10.1. The van der Waals surface area contributed by atoms with Gasteiger partial charge in [0.25, 0.3) is 0 Å². The topological polar surface area (TPSA) is 143 Å². The van der Waals surface area contributed by atoms with Crippen LogP contribution in [0.1, 0.15) is 17.2 Å². The van der Waals surface area contributed by atoms with Gasteiger partial charge in [-0.25, -0.2) is 13.2 Å². The van der Waals surface area contributed by atoms with Gasteiger partial charge >= 0.3 is 5.97 Å². The minimum Gasteiger partial charge on any atom is -0.492 e. The number of aliphatic carboxylic acids is 1. The highest BCUT2D eigenvalue weighted by molar-refractivity contribution is 7.92. The van der Waals surface area contributed by atoms with Gasteiger partial charge < -0.3 is 29.7 Å². The van der Waals surface area contributed by atoms with Crippen molar-refractivity contribution in [1.29, 1.82) is 0 Å². The number of aliphatic hydroxyl groups excluding tert-OH is 1.